The van der Waals surface area contributed by atoms with Crippen molar-refractivity contribution in [3.63, 3.8) is 0 Å². The van der Waals surface area contributed by atoms with Gasteiger partial charge in [-0.15, -0.1) is 11.8 Å². The Morgan fingerprint density at radius 3 is 2.69 bits per heavy atom. The van der Waals surface area contributed by atoms with Crippen molar-refractivity contribution < 1.29 is 14.3 Å². The van der Waals surface area contributed by atoms with Crippen LogP contribution >= 0.6 is 11.8 Å². The third kappa shape index (κ3) is 3.55. The lowest BCUT2D eigenvalue weighted by molar-refractivity contribution is -0.131. The first-order valence-electron chi connectivity index (χ1n) is 8.43. The number of rotatable bonds is 5. The van der Waals surface area contributed by atoms with Gasteiger partial charge in [-0.2, -0.15) is 0 Å². The van der Waals surface area contributed by atoms with E-state index in [1.54, 1.807) is 24.0 Å². The first-order valence-corrected chi connectivity index (χ1v) is 9.42. The molecule has 0 N–H and O–H groups in total. The number of benzene rings is 2. The molecule has 0 fully saturated rings. The molecule has 0 radical (unpaired) electrons. The van der Waals surface area contributed by atoms with Gasteiger partial charge < -0.3 is 14.5 Å². The minimum absolute atomic E-state index is 0.0341. The van der Waals surface area contributed by atoms with Gasteiger partial charge in [0.1, 0.15) is 12.3 Å². The lowest BCUT2D eigenvalue weighted by Gasteiger charge is -2.32. The van der Waals surface area contributed by atoms with Gasteiger partial charge in [-0.1, -0.05) is 30.3 Å². The molecule has 1 atom stereocenters. The van der Waals surface area contributed by atoms with E-state index in [1.165, 1.54) is 11.8 Å². The number of hydrogen-bond acceptors (Lipinski definition) is 4. The maximum Gasteiger partial charge on any atom is 0.242 e. The van der Waals surface area contributed by atoms with Gasteiger partial charge in [0.2, 0.25) is 11.8 Å². The van der Waals surface area contributed by atoms with Crippen LogP contribution in [0.2, 0.25) is 0 Å². The van der Waals surface area contributed by atoms with Gasteiger partial charge in [-0.05, 0) is 25.1 Å². The molecule has 0 saturated heterocycles. The van der Waals surface area contributed by atoms with Gasteiger partial charge in [0, 0.05) is 17.5 Å². The topological polar surface area (TPSA) is 49.9 Å². The maximum atomic E-state index is 12.9. The number of likely N-dealkylation sites (N-methyl/N-ethyl adjacent to an activating group) is 1. The molecule has 2 aromatic carbocycles. The van der Waals surface area contributed by atoms with E-state index in [0.29, 0.717) is 5.75 Å². The molecule has 0 saturated carbocycles. The standard InChI is InChI=1S/C20H22N2O3S/c1-14(15-8-4-6-10-17(15)25-3)21(2)19(23)12-22-16-9-5-7-11-18(16)26-13-20(22)24/h4-11,14H,12-13H2,1-3H3/t14-/m1/s1. The van der Waals surface area contributed by atoms with E-state index in [4.69, 9.17) is 4.74 Å². The van der Waals surface area contributed by atoms with Crippen LogP contribution in [0.4, 0.5) is 5.69 Å². The summed E-state index contributed by atoms with van der Waals surface area (Å²) in [5.41, 5.74) is 1.74. The summed E-state index contributed by atoms with van der Waals surface area (Å²) in [7, 11) is 3.38. The van der Waals surface area contributed by atoms with Crippen LogP contribution in [-0.4, -0.2) is 43.2 Å². The highest BCUT2D eigenvalue weighted by Crippen LogP contribution is 2.35. The molecule has 26 heavy (non-hydrogen) atoms. The number of amides is 2. The van der Waals surface area contributed by atoms with Crippen LogP contribution in [0.3, 0.4) is 0 Å². The van der Waals surface area contributed by atoms with Gasteiger partial charge in [0.25, 0.3) is 0 Å². The highest BCUT2D eigenvalue weighted by molar-refractivity contribution is 8.00. The molecule has 2 amide bonds. The highest BCUT2D eigenvalue weighted by Gasteiger charge is 2.29. The molecular formula is C20H22N2O3S. The number of methoxy groups -OCH3 is 1. The van der Waals surface area contributed by atoms with Gasteiger partial charge in [-0.25, -0.2) is 0 Å². The Kier molecular flexibility index (Phi) is 5.52. The average molecular weight is 370 g/mol. The molecule has 2 aromatic rings. The highest BCUT2D eigenvalue weighted by atomic mass is 32.2. The fraction of sp³-hybridized carbons (Fsp3) is 0.300. The number of carbonyl (C=O) groups is 2. The summed E-state index contributed by atoms with van der Waals surface area (Å²) in [5, 5.41) is 0. The molecule has 5 nitrogen and oxygen atoms in total. The number of ether oxygens (including phenoxy) is 1. The molecule has 1 heterocycles. The van der Waals surface area contributed by atoms with Gasteiger partial charge >= 0.3 is 0 Å². The number of hydrogen-bond donors (Lipinski definition) is 0. The zero-order valence-corrected chi connectivity index (χ0v) is 16.0. The Morgan fingerprint density at radius 1 is 1.23 bits per heavy atom. The zero-order valence-electron chi connectivity index (χ0n) is 15.1. The second-order valence-electron chi connectivity index (χ2n) is 6.16. The number of fused-ring (bicyclic) bond motifs is 1. The second-order valence-corrected chi connectivity index (χ2v) is 7.18. The minimum atomic E-state index is -0.164. The molecular weight excluding hydrogens is 348 g/mol. The lowest BCUT2D eigenvalue weighted by Crippen LogP contribution is -2.44. The van der Waals surface area contributed by atoms with Crippen LogP contribution in [0.5, 0.6) is 5.75 Å². The number of thioether (sulfide) groups is 1. The summed E-state index contributed by atoms with van der Waals surface area (Å²) in [6, 6.07) is 15.2. The first kappa shape index (κ1) is 18.3. The molecule has 136 valence electrons. The van der Waals surface area contributed by atoms with Crippen LogP contribution in [-0.2, 0) is 9.59 Å². The van der Waals surface area contributed by atoms with Crippen molar-refractivity contribution in [2.75, 3.05) is 31.4 Å². The SMILES string of the molecule is COc1ccccc1[C@@H](C)N(C)C(=O)CN1C(=O)CSc2ccccc21. The van der Waals surface area contributed by atoms with E-state index in [2.05, 4.69) is 0 Å². The fourth-order valence-electron chi connectivity index (χ4n) is 3.01. The summed E-state index contributed by atoms with van der Waals surface area (Å²) in [6.07, 6.45) is 0. The van der Waals surface area contributed by atoms with Crippen LogP contribution in [0.15, 0.2) is 53.4 Å². The molecule has 0 aliphatic carbocycles. The minimum Gasteiger partial charge on any atom is -0.496 e. The molecule has 0 unspecified atom stereocenters. The quantitative estimate of drug-likeness (QED) is 0.810. The third-order valence-corrected chi connectivity index (χ3v) is 5.71. The summed E-state index contributed by atoms with van der Waals surface area (Å²) >= 11 is 1.51. The largest absolute Gasteiger partial charge is 0.496 e. The van der Waals surface area contributed by atoms with Crippen molar-refractivity contribution >= 4 is 29.3 Å². The van der Waals surface area contributed by atoms with E-state index in [0.717, 1.165) is 21.9 Å². The van der Waals surface area contributed by atoms with Gasteiger partial charge in [0.15, 0.2) is 0 Å². The van der Waals surface area contributed by atoms with Crippen LogP contribution in [0.1, 0.15) is 18.5 Å². The molecule has 1 aliphatic heterocycles. The Hall–Kier alpha value is -2.47. The number of nitrogens with zero attached hydrogens (tertiary/aromatic N) is 2. The zero-order chi connectivity index (χ0) is 18.7. The predicted molar refractivity (Wildman–Crippen MR) is 104 cm³/mol. The predicted octanol–water partition coefficient (Wildman–Crippen LogP) is 3.35. The van der Waals surface area contributed by atoms with Crippen molar-refractivity contribution in [3.8, 4) is 5.75 Å². The van der Waals surface area contributed by atoms with Crippen molar-refractivity contribution in [1.82, 2.24) is 4.90 Å². The normalized spacial score (nSPS) is 14.6. The van der Waals surface area contributed by atoms with Crippen molar-refractivity contribution in [3.05, 3.63) is 54.1 Å². The molecule has 3 rings (SSSR count). The summed E-state index contributed by atoms with van der Waals surface area (Å²) in [5.74, 6) is 0.949. The van der Waals surface area contributed by atoms with Crippen LogP contribution < -0.4 is 9.64 Å². The van der Waals surface area contributed by atoms with E-state index in [-0.39, 0.29) is 24.4 Å². The number of para-hydroxylation sites is 2. The van der Waals surface area contributed by atoms with Crippen LogP contribution in [0, 0.1) is 0 Å². The fourth-order valence-corrected chi connectivity index (χ4v) is 3.95. The van der Waals surface area contributed by atoms with Crippen molar-refractivity contribution in [2.24, 2.45) is 0 Å². The van der Waals surface area contributed by atoms with Crippen LogP contribution in [0.25, 0.3) is 0 Å². The lowest BCUT2D eigenvalue weighted by atomic mass is 10.1. The molecule has 0 spiro atoms. The average Bonchev–Trinajstić information content (AvgIpc) is 2.68. The van der Waals surface area contributed by atoms with Crippen molar-refractivity contribution in [1.29, 1.82) is 0 Å². The third-order valence-electron chi connectivity index (χ3n) is 4.66. The second kappa shape index (κ2) is 7.83. The summed E-state index contributed by atoms with van der Waals surface area (Å²) in [6.45, 7) is 1.99. The summed E-state index contributed by atoms with van der Waals surface area (Å²) in [4.78, 5) is 29.5. The molecule has 1 aliphatic rings. The van der Waals surface area contributed by atoms with Gasteiger partial charge in [-0.3, -0.25) is 9.59 Å². The Morgan fingerprint density at radius 2 is 1.92 bits per heavy atom. The molecule has 6 heteroatoms. The molecule has 0 aromatic heterocycles. The number of anilines is 1. The Bertz CT molecular complexity index is 824. The van der Waals surface area contributed by atoms with E-state index < -0.39 is 0 Å². The summed E-state index contributed by atoms with van der Waals surface area (Å²) < 4.78 is 5.40. The van der Waals surface area contributed by atoms with E-state index in [9.17, 15) is 9.59 Å². The molecule has 0 bridgehead atoms. The first-order chi connectivity index (χ1) is 12.5. The van der Waals surface area contributed by atoms with E-state index in [1.807, 2.05) is 55.5 Å². The monoisotopic (exact) mass is 370 g/mol. The van der Waals surface area contributed by atoms with E-state index >= 15 is 0 Å². The van der Waals surface area contributed by atoms with Gasteiger partial charge in [0.05, 0.1) is 24.6 Å². The maximum absolute atomic E-state index is 12.9. The Balaban J connectivity index is 1.78. The number of carbonyl (C=O) groups excluding carboxylic acids is 2. The van der Waals surface area contributed by atoms with Crippen molar-refractivity contribution in [2.45, 2.75) is 17.9 Å². The smallest absolute Gasteiger partial charge is 0.242 e. The Labute approximate surface area is 157 Å².